The molecule has 10 heteroatoms. The summed E-state index contributed by atoms with van der Waals surface area (Å²) < 4.78 is 37.6. The molecule has 1 saturated carbocycles. The monoisotopic (exact) mass is 524 g/mol. The lowest BCUT2D eigenvalue weighted by molar-refractivity contribution is 0.174. The first-order chi connectivity index (χ1) is 13.0. The van der Waals surface area contributed by atoms with Crippen molar-refractivity contribution in [3.8, 4) is 11.5 Å². The Bertz CT molecular complexity index is 784. The standard InChI is InChI=1S/C18H28N4O4S.HI/c1-19-18(20-8-9-27(23,24)21-11-14-4-3-5-14)22(2)12-15-6-7-16-17(10-15)26-13-25-16;/h6-7,10,14,21H,3-5,8-9,11-13H2,1-2H3,(H,19,20);1H. The zero-order valence-corrected chi connectivity index (χ0v) is 19.5. The number of aliphatic imine (C=N–C) groups is 1. The summed E-state index contributed by atoms with van der Waals surface area (Å²) in [6.07, 6.45) is 3.45. The lowest BCUT2D eigenvalue weighted by Gasteiger charge is -2.25. The predicted molar refractivity (Wildman–Crippen MR) is 120 cm³/mol. The van der Waals surface area contributed by atoms with E-state index in [4.69, 9.17) is 9.47 Å². The highest BCUT2D eigenvalue weighted by molar-refractivity contribution is 14.0. The lowest BCUT2D eigenvalue weighted by Crippen LogP contribution is -2.42. The van der Waals surface area contributed by atoms with Crippen LogP contribution in [0.4, 0.5) is 0 Å². The summed E-state index contributed by atoms with van der Waals surface area (Å²) >= 11 is 0. The van der Waals surface area contributed by atoms with Crippen molar-refractivity contribution < 1.29 is 17.9 Å². The van der Waals surface area contributed by atoms with Gasteiger partial charge in [0.05, 0.1) is 5.75 Å². The van der Waals surface area contributed by atoms with E-state index in [1.165, 1.54) is 6.42 Å². The maximum atomic E-state index is 12.1. The molecular formula is C18H29IN4O4S. The van der Waals surface area contributed by atoms with E-state index >= 15 is 0 Å². The van der Waals surface area contributed by atoms with E-state index in [-0.39, 0.29) is 36.5 Å². The number of ether oxygens (including phenoxy) is 2. The molecule has 1 aromatic carbocycles. The van der Waals surface area contributed by atoms with Gasteiger partial charge in [-0.3, -0.25) is 4.99 Å². The molecule has 0 unspecified atom stereocenters. The Labute approximate surface area is 184 Å². The van der Waals surface area contributed by atoms with Crippen molar-refractivity contribution in [2.24, 2.45) is 10.9 Å². The summed E-state index contributed by atoms with van der Waals surface area (Å²) in [5.41, 5.74) is 1.06. The van der Waals surface area contributed by atoms with E-state index in [1.54, 1.807) is 7.05 Å². The summed E-state index contributed by atoms with van der Waals surface area (Å²) in [7, 11) is 0.324. The molecule has 2 N–H and O–H groups in total. The van der Waals surface area contributed by atoms with Crippen LogP contribution in [0, 0.1) is 5.92 Å². The summed E-state index contributed by atoms with van der Waals surface area (Å²) in [6, 6.07) is 5.81. The van der Waals surface area contributed by atoms with Crippen LogP contribution >= 0.6 is 24.0 Å². The van der Waals surface area contributed by atoms with Crippen molar-refractivity contribution in [2.45, 2.75) is 25.8 Å². The third-order valence-corrected chi connectivity index (χ3v) is 6.25. The van der Waals surface area contributed by atoms with Gasteiger partial charge in [0.1, 0.15) is 0 Å². The second-order valence-electron chi connectivity index (χ2n) is 6.98. The van der Waals surface area contributed by atoms with Crippen molar-refractivity contribution in [3.05, 3.63) is 23.8 Å². The molecule has 1 fully saturated rings. The number of sulfonamides is 1. The number of hydrogen-bond acceptors (Lipinski definition) is 5. The van der Waals surface area contributed by atoms with Gasteiger partial charge in [-0.1, -0.05) is 12.5 Å². The Hall–Kier alpha value is -1.27. The fourth-order valence-corrected chi connectivity index (χ4v) is 4.09. The molecule has 8 nitrogen and oxygen atoms in total. The molecule has 28 heavy (non-hydrogen) atoms. The molecule has 0 amide bonds. The molecule has 1 aliphatic carbocycles. The number of halogens is 1. The highest BCUT2D eigenvalue weighted by Crippen LogP contribution is 2.32. The fraction of sp³-hybridized carbons (Fsp3) is 0.611. The molecule has 3 rings (SSSR count). The van der Waals surface area contributed by atoms with E-state index < -0.39 is 10.0 Å². The third kappa shape index (κ3) is 6.38. The molecule has 0 spiro atoms. The Morgan fingerprint density at radius 1 is 1.29 bits per heavy atom. The van der Waals surface area contributed by atoms with Crippen LogP contribution in [0.25, 0.3) is 0 Å². The van der Waals surface area contributed by atoms with E-state index in [0.29, 0.717) is 31.5 Å². The largest absolute Gasteiger partial charge is 0.454 e. The van der Waals surface area contributed by atoms with Gasteiger partial charge in [-0.15, -0.1) is 24.0 Å². The highest BCUT2D eigenvalue weighted by atomic mass is 127. The first-order valence-corrected chi connectivity index (χ1v) is 10.9. The quantitative estimate of drug-likeness (QED) is 0.306. The summed E-state index contributed by atoms with van der Waals surface area (Å²) in [4.78, 5) is 6.17. The van der Waals surface area contributed by atoms with Crippen molar-refractivity contribution >= 4 is 40.0 Å². The SMILES string of the molecule is CN=C(NCCS(=O)(=O)NCC1CCC1)N(C)Cc1ccc2c(c1)OCO2.I. The minimum absolute atomic E-state index is 0. The first kappa shape index (κ1) is 23.0. The molecule has 158 valence electrons. The number of fused-ring (bicyclic) bond motifs is 1. The van der Waals surface area contributed by atoms with Crippen molar-refractivity contribution in [1.82, 2.24) is 14.9 Å². The normalized spacial score (nSPS) is 16.3. The molecule has 0 radical (unpaired) electrons. The molecule has 0 bridgehead atoms. The maximum absolute atomic E-state index is 12.1. The Kier molecular flexibility index (Phi) is 8.62. The van der Waals surface area contributed by atoms with Crippen molar-refractivity contribution in [3.63, 3.8) is 0 Å². The van der Waals surface area contributed by atoms with Crippen LogP contribution in [0.5, 0.6) is 11.5 Å². The number of nitrogens with zero attached hydrogens (tertiary/aromatic N) is 2. The molecule has 0 saturated heterocycles. The Morgan fingerprint density at radius 3 is 2.71 bits per heavy atom. The zero-order valence-electron chi connectivity index (χ0n) is 16.3. The van der Waals surface area contributed by atoms with Crippen LogP contribution in [0.15, 0.2) is 23.2 Å². The van der Waals surface area contributed by atoms with Gasteiger partial charge in [-0.05, 0) is 36.5 Å². The van der Waals surface area contributed by atoms with E-state index in [2.05, 4.69) is 15.0 Å². The van der Waals surface area contributed by atoms with Crippen LogP contribution < -0.4 is 19.5 Å². The van der Waals surface area contributed by atoms with Crippen molar-refractivity contribution in [2.75, 3.05) is 39.7 Å². The molecule has 0 aromatic heterocycles. The first-order valence-electron chi connectivity index (χ1n) is 9.24. The maximum Gasteiger partial charge on any atom is 0.231 e. The van der Waals surface area contributed by atoms with Gasteiger partial charge in [0, 0.05) is 33.7 Å². The summed E-state index contributed by atoms with van der Waals surface area (Å²) in [5, 5.41) is 3.11. The van der Waals surface area contributed by atoms with Crippen LogP contribution in [-0.4, -0.2) is 59.0 Å². The Morgan fingerprint density at radius 2 is 2.04 bits per heavy atom. The number of benzene rings is 1. The highest BCUT2D eigenvalue weighted by Gasteiger charge is 2.20. The number of hydrogen-bond donors (Lipinski definition) is 2. The molecular weight excluding hydrogens is 495 g/mol. The van der Waals surface area contributed by atoms with Gasteiger partial charge in [0.15, 0.2) is 17.5 Å². The molecule has 1 aliphatic heterocycles. The minimum atomic E-state index is -3.26. The van der Waals surface area contributed by atoms with Crippen LogP contribution in [0.2, 0.25) is 0 Å². The van der Waals surface area contributed by atoms with Gasteiger partial charge >= 0.3 is 0 Å². The summed E-state index contributed by atoms with van der Waals surface area (Å²) in [5.74, 6) is 2.67. The van der Waals surface area contributed by atoms with Crippen LogP contribution in [0.1, 0.15) is 24.8 Å². The van der Waals surface area contributed by atoms with Crippen LogP contribution in [-0.2, 0) is 16.6 Å². The third-order valence-electron chi connectivity index (χ3n) is 4.90. The van der Waals surface area contributed by atoms with Gasteiger partial charge < -0.3 is 19.7 Å². The number of nitrogens with one attached hydrogen (secondary N) is 2. The molecule has 2 aliphatic rings. The van der Waals surface area contributed by atoms with Gasteiger partial charge in [0.25, 0.3) is 0 Å². The smallest absolute Gasteiger partial charge is 0.231 e. The van der Waals surface area contributed by atoms with E-state index in [0.717, 1.165) is 29.9 Å². The minimum Gasteiger partial charge on any atom is -0.454 e. The second-order valence-corrected chi connectivity index (χ2v) is 8.91. The summed E-state index contributed by atoms with van der Waals surface area (Å²) in [6.45, 7) is 1.73. The van der Waals surface area contributed by atoms with E-state index in [9.17, 15) is 8.42 Å². The van der Waals surface area contributed by atoms with Crippen LogP contribution in [0.3, 0.4) is 0 Å². The fourth-order valence-electron chi connectivity index (χ4n) is 3.08. The molecule has 0 atom stereocenters. The zero-order chi connectivity index (χ0) is 19.3. The van der Waals surface area contributed by atoms with E-state index in [1.807, 2.05) is 30.1 Å². The second kappa shape index (κ2) is 10.5. The average molecular weight is 524 g/mol. The topological polar surface area (TPSA) is 92.3 Å². The molecule has 1 heterocycles. The van der Waals surface area contributed by atoms with Crippen molar-refractivity contribution in [1.29, 1.82) is 0 Å². The number of guanidine groups is 1. The van der Waals surface area contributed by atoms with Gasteiger partial charge in [-0.25, -0.2) is 13.1 Å². The lowest BCUT2D eigenvalue weighted by atomic mass is 9.86. The number of rotatable bonds is 8. The Balaban J connectivity index is 0.00000280. The van der Waals surface area contributed by atoms with Gasteiger partial charge in [-0.2, -0.15) is 0 Å². The molecule has 1 aromatic rings. The predicted octanol–water partition coefficient (Wildman–Crippen LogP) is 1.76. The van der Waals surface area contributed by atoms with Gasteiger partial charge in [0.2, 0.25) is 16.8 Å². The average Bonchev–Trinajstić information content (AvgIpc) is 3.04.